The van der Waals surface area contributed by atoms with Crippen LogP contribution in [0.25, 0.3) is 0 Å². The molecule has 1 amide bonds. The number of nitrogens with two attached hydrogens (primary N) is 1. The van der Waals surface area contributed by atoms with Crippen molar-refractivity contribution in [3.63, 3.8) is 0 Å². The molecule has 1 unspecified atom stereocenters. The van der Waals surface area contributed by atoms with Crippen molar-refractivity contribution in [2.45, 2.75) is 4.21 Å². The molecule has 3 N–H and O–H groups in total. The van der Waals surface area contributed by atoms with E-state index in [0.717, 1.165) is 0 Å². The van der Waals surface area contributed by atoms with Crippen molar-refractivity contribution >= 4 is 62.6 Å². The van der Waals surface area contributed by atoms with Crippen LogP contribution in [0.15, 0.2) is 33.9 Å². The predicted molar refractivity (Wildman–Crippen MR) is 85.1 cm³/mol. The summed E-state index contributed by atoms with van der Waals surface area (Å²) in [6.45, 7) is 0. The summed E-state index contributed by atoms with van der Waals surface area (Å²) in [5.41, 5.74) is 6.28. The predicted octanol–water partition coefficient (Wildman–Crippen LogP) is 3.38. The molecular weight excluding hydrogens is 339 g/mol. The van der Waals surface area contributed by atoms with E-state index in [-0.39, 0.29) is 22.2 Å². The highest BCUT2D eigenvalue weighted by Gasteiger charge is 2.14. The summed E-state index contributed by atoms with van der Waals surface area (Å²) >= 11 is 13.1. The van der Waals surface area contributed by atoms with Gasteiger partial charge in [-0.15, -0.1) is 11.3 Å². The lowest BCUT2D eigenvalue weighted by molar-refractivity contribution is -0.113. The minimum atomic E-state index is -1.38. The Bertz CT molecular complexity index is 636. The van der Waals surface area contributed by atoms with Crippen molar-refractivity contribution < 1.29 is 9.00 Å². The van der Waals surface area contributed by atoms with Crippen LogP contribution in [-0.4, -0.2) is 15.9 Å². The lowest BCUT2D eigenvalue weighted by Crippen LogP contribution is -2.20. The summed E-state index contributed by atoms with van der Waals surface area (Å²) in [6.07, 6.45) is 0. The van der Waals surface area contributed by atoms with Gasteiger partial charge in [-0.25, -0.2) is 0 Å². The molecule has 1 heterocycles. The molecule has 0 spiro atoms. The summed E-state index contributed by atoms with van der Waals surface area (Å²) in [5.74, 6) is -0.577. The van der Waals surface area contributed by atoms with Crippen molar-refractivity contribution in [3.8, 4) is 0 Å². The van der Waals surface area contributed by atoms with Gasteiger partial charge >= 0.3 is 0 Å². The lowest BCUT2D eigenvalue weighted by atomic mass is 10.2. The third kappa shape index (κ3) is 3.73. The van der Waals surface area contributed by atoms with Gasteiger partial charge in [0, 0.05) is 5.02 Å². The Labute approximate surface area is 132 Å². The molecule has 106 valence electrons. The van der Waals surface area contributed by atoms with Gasteiger partial charge in [0.05, 0.1) is 31.4 Å². The van der Waals surface area contributed by atoms with E-state index in [0.29, 0.717) is 9.23 Å². The minimum absolute atomic E-state index is 0.154. The number of amides is 1. The van der Waals surface area contributed by atoms with Crippen molar-refractivity contribution in [3.05, 3.63) is 39.7 Å². The van der Waals surface area contributed by atoms with Gasteiger partial charge in [0.15, 0.2) is 0 Å². The van der Waals surface area contributed by atoms with Crippen molar-refractivity contribution in [1.82, 2.24) is 0 Å². The molecule has 2 aromatic rings. The Morgan fingerprint density at radius 1 is 1.40 bits per heavy atom. The van der Waals surface area contributed by atoms with E-state index in [4.69, 9.17) is 28.9 Å². The number of nitrogen functional groups attached to an aromatic ring is 1. The van der Waals surface area contributed by atoms with Crippen LogP contribution in [0, 0.1) is 0 Å². The summed E-state index contributed by atoms with van der Waals surface area (Å²) in [4.78, 5) is 11.9. The molecule has 0 radical (unpaired) electrons. The van der Waals surface area contributed by atoms with Gasteiger partial charge in [0.2, 0.25) is 5.91 Å². The van der Waals surface area contributed by atoms with Crippen LogP contribution in [0.2, 0.25) is 10.0 Å². The van der Waals surface area contributed by atoms with Crippen LogP contribution < -0.4 is 11.1 Å². The van der Waals surface area contributed by atoms with Crippen LogP contribution in [-0.2, 0) is 15.6 Å². The normalized spacial score (nSPS) is 12.1. The molecule has 1 aromatic heterocycles. The zero-order chi connectivity index (χ0) is 14.7. The second-order valence-corrected chi connectivity index (χ2v) is 7.29. The monoisotopic (exact) mass is 348 g/mol. The highest BCUT2D eigenvalue weighted by Crippen LogP contribution is 2.32. The smallest absolute Gasteiger partial charge is 0.237 e. The number of hydrogen-bond donors (Lipinski definition) is 2. The van der Waals surface area contributed by atoms with Crippen LogP contribution >= 0.6 is 34.5 Å². The van der Waals surface area contributed by atoms with E-state index < -0.39 is 16.7 Å². The number of anilines is 2. The van der Waals surface area contributed by atoms with E-state index in [1.165, 1.54) is 23.5 Å². The Morgan fingerprint density at radius 2 is 2.15 bits per heavy atom. The van der Waals surface area contributed by atoms with Gasteiger partial charge in [-0.2, -0.15) is 0 Å². The molecule has 0 aliphatic rings. The fourth-order valence-corrected chi connectivity index (χ4v) is 3.94. The van der Waals surface area contributed by atoms with Gasteiger partial charge in [0.1, 0.15) is 5.75 Å². The number of hydrogen-bond acceptors (Lipinski definition) is 4. The molecule has 0 aliphatic heterocycles. The molecular formula is C12H10Cl2N2O2S2. The zero-order valence-electron chi connectivity index (χ0n) is 10.1. The fraction of sp³-hybridized carbons (Fsp3) is 0.0833. The third-order valence-electron chi connectivity index (χ3n) is 2.33. The van der Waals surface area contributed by atoms with Gasteiger partial charge in [-0.1, -0.05) is 29.3 Å². The topological polar surface area (TPSA) is 72.2 Å². The first kappa shape index (κ1) is 15.3. The van der Waals surface area contributed by atoms with Crippen LogP contribution in [0.1, 0.15) is 0 Å². The minimum Gasteiger partial charge on any atom is -0.397 e. The Hall–Kier alpha value is -1.08. The second-order valence-electron chi connectivity index (χ2n) is 3.82. The van der Waals surface area contributed by atoms with Crippen LogP contribution in [0.4, 0.5) is 11.4 Å². The summed E-state index contributed by atoms with van der Waals surface area (Å²) in [6, 6.07) is 6.46. The number of carbonyl (C=O) groups excluding carboxylic acids is 1. The molecule has 0 saturated heterocycles. The molecule has 0 saturated carbocycles. The van der Waals surface area contributed by atoms with Gasteiger partial charge < -0.3 is 11.1 Å². The van der Waals surface area contributed by atoms with E-state index in [1.54, 1.807) is 17.5 Å². The zero-order valence-corrected chi connectivity index (χ0v) is 13.2. The summed E-state index contributed by atoms with van der Waals surface area (Å²) in [5, 5.41) is 4.98. The standard InChI is InChI=1S/C12H10Cl2N2O2S2/c13-7-4-8(14)12(9(15)5-7)16-10(17)6-20(18)11-2-1-3-19-11/h1-5H,6,15H2,(H,16,17). The van der Waals surface area contributed by atoms with E-state index in [1.807, 2.05) is 0 Å². The largest absolute Gasteiger partial charge is 0.397 e. The SMILES string of the molecule is Nc1cc(Cl)cc(Cl)c1NC(=O)CS(=O)c1cccs1. The Morgan fingerprint density at radius 3 is 2.75 bits per heavy atom. The third-order valence-corrected chi connectivity index (χ3v) is 5.47. The van der Waals surface area contributed by atoms with Crippen molar-refractivity contribution in [2.75, 3.05) is 16.8 Å². The van der Waals surface area contributed by atoms with Gasteiger partial charge in [-0.05, 0) is 23.6 Å². The first-order valence-corrected chi connectivity index (χ1v) is 8.39. The molecule has 0 fully saturated rings. The number of nitrogens with one attached hydrogen (secondary N) is 1. The number of carbonyl (C=O) groups is 1. The first-order valence-electron chi connectivity index (χ1n) is 5.43. The highest BCUT2D eigenvalue weighted by atomic mass is 35.5. The highest BCUT2D eigenvalue weighted by molar-refractivity contribution is 7.88. The summed E-state index contributed by atoms with van der Waals surface area (Å²) < 4.78 is 12.6. The molecule has 4 nitrogen and oxygen atoms in total. The van der Waals surface area contributed by atoms with Gasteiger partial charge in [-0.3, -0.25) is 9.00 Å². The second kappa shape index (κ2) is 6.58. The lowest BCUT2D eigenvalue weighted by Gasteiger charge is -2.10. The molecule has 0 bridgehead atoms. The van der Waals surface area contributed by atoms with E-state index in [9.17, 15) is 9.00 Å². The Kier molecular flexibility index (Phi) is 5.04. The first-order chi connectivity index (χ1) is 9.47. The van der Waals surface area contributed by atoms with E-state index in [2.05, 4.69) is 5.32 Å². The Balaban J connectivity index is 2.07. The maximum Gasteiger partial charge on any atom is 0.237 e. The molecule has 20 heavy (non-hydrogen) atoms. The number of thiophene rings is 1. The van der Waals surface area contributed by atoms with Crippen molar-refractivity contribution in [2.24, 2.45) is 0 Å². The number of benzene rings is 1. The van der Waals surface area contributed by atoms with Gasteiger partial charge in [0.25, 0.3) is 0 Å². The molecule has 1 aromatic carbocycles. The van der Waals surface area contributed by atoms with Crippen LogP contribution in [0.5, 0.6) is 0 Å². The molecule has 2 rings (SSSR count). The number of halogens is 2. The fourth-order valence-electron chi connectivity index (χ4n) is 1.48. The maximum atomic E-state index is 11.9. The van der Waals surface area contributed by atoms with E-state index >= 15 is 0 Å². The summed E-state index contributed by atoms with van der Waals surface area (Å²) in [7, 11) is -1.38. The quantitative estimate of drug-likeness (QED) is 0.831. The number of rotatable bonds is 4. The van der Waals surface area contributed by atoms with Crippen molar-refractivity contribution in [1.29, 1.82) is 0 Å². The average molecular weight is 349 g/mol. The molecule has 8 heteroatoms. The average Bonchev–Trinajstić information content (AvgIpc) is 2.87. The van der Waals surface area contributed by atoms with Crippen LogP contribution in [0.3, 0.4) is 0 Å². The molecule has 1 atom stereocenters. The molecule has 0 aliphatic carbocycles. The maximum absolute atomic E-state index is 11.9.